The van der Waals surface area contributed by atoms with Gasteiger partial charge in [0.1, 0.15) is 0 Å². The number of hydrogen-bond acceptors (Lipinski definition) is 7. The highest BCUT2D eigenvalue weighted by molar-refractivity contribution is 7.98. The number of hydrogen-bond donors (Lipinski definition) is 1. The minimum absolute atomic E-state index is 0.190. The lowest BCUT2D eigenvalue weighted by Crippen LogP contribution is -2.15. The molecule has 1 N–H and O–H groups in total. The Labute approximate surface area is 176 Å². The van der Waals surface area contributed by atoms with E-state index in [2.05, 4.69) is 10.3 Å². The van der Waals surface area contributed by atoms with Gasteiger partial charge in [0.2, 0.25) is 5.91 Å². The number of carbonyl (C=O) groups is 3. The lowest BCUT2D eigenvalue weighted by Gasteiger charge is -2.09. The largest absolute Gasteiger partial charge is 0.454 e. The molecule has 1 amide bonds. The standard InChI is InChI=1S/C21H18N2O4S2/c1-14(24)23-16-8-6-15(7-9-16)19(25)10-27-21(26)18-4-2-3-5-20(18)29-12-17-11-28-13-22-17/h2-9,11,13H,10,12H2,1H3,(H,23,24). The number of ketones is 1. The van der Waals surface area contributed by atoms with Crippen molar-refractivity contribution in [1.29, 1.82) is 0 Å². The first kappa shape index (κ1) is 20.8. The van der Waals surface area contributed by atoms with E-state index >= 15 is 0 Å². The van der Waals surface area contributed by atoms with Crippen LogP contribution in [-0.4, -0.2) is 29.3 Å². The first-order valence-electron chi connectivity index (χ1n) is 8.70. The third kappa shape index (κ3) is 6.00. The van der Waals surface area contributed by atoms with E-state index in [9.17, 15) is 14.4 Å². The quantitative estimate of drug-likeness (QED) is 0.326. The molecule has 0 unspecified atom stereocenters. The Bertz CT molecular complexity index is 1000. The topological polar surface area (TPSA) is 85.4 Å². The molecule has 3 rings (SSSR count). The fraction of sp³-hybridized carbons (Fsp3) is 0.143. The number of anilines is 1. The number of ether oxygens (including phenoxy) is 1. The van der Waals surface area contributed by atoms with Crippen molar-refractivity contribution >= 4 is 46.4 Å². The molecule has 0 aliphatic carbocycles. The molecule has 0 aliphatic heterocycles. The third-order valence-electron chi connectivity index (χ3n) is 3.83. The van der Waals surface area contributed by atoms with Crippen molar-refractivity contribution in [3.05, 3.63) is 76.2 Å². The van der Waals surface area contributed by atoms with E-state index in [1.807, 2.05) is 17.5 Å². The highest BCUT2D eigenvalue weighted by Gasteiger charge is 2.16. The summed E-state index contributed by atoms with van der Waals surface area (Å²) in [6.45, 7) is 1.05. The summed E-state index contributed by atoms with van der Waals surface area (Å²) in [6.07, 6.45) is 0. The van der Waals surface area contributed by atoms with E-state index in [0.717, 1.165) is 10.6 Å². The van der Waals surface area contributed by atoms with Crippen LogP contribution in [0.25, 0.3) is 0 Å². The molecule has 0 saturated carbocycles. The van der Waals surface area contributed by atoms with Crippen molar-refractivity contribution in [2.45, 2.75) is 17.6 Å². The van der Waals surface area contributed by atoms with Crippen molar-refractivity contribution in [3.63, 3.8) is 0 Å². The van der Waals surface area contributed by atoms with Gasteiger partial charge in [-0.1, -0.05) is 12.1 Å². The molecule has 0 radical (unpaired) electrons. The maximum atomic E-state index is 12.5. The molecule has 0 fully saturated rings. The van der Waals surface area contributed by atoms with Crippen LogP contribution < -0.4 is 5.32 Å². The number of esters is 1. The highest BCUT2D eigenvalue weighted by atomic mass is 32.2. The lowest BCUT2D eigenvalue weighted by atomic mass is 10.1. The van der Waals surface area contributed by atoms with Crippen LogP contribution in [0.4, 0.5) is 5.69 Å². The monoisotopic (exact) mass is 426 g/mol. The molecule has 1 heterocycles. The Kier molecular flexibility index (Phi) is 7.15. The minimum atomic E-state index is -0.547. The summed E-state index contributed by atoms with van der Waals surface area (Å²) in [5, 5.41) is 4.59. The number of benzene rings is 2. The van der Waals surface area contributed by atoms with E-state index in [1.54, 1.807) is 41.9 Å². The molecule has 0 atom stereocenters. The number of amides is 1. The summed E-state index contributed by atoms with van der Waals surface area (Å²) in [6, 6.07) is 13.5. The first-order valence-corrected chi connectivity index (χ1v) is 10.6. The summed E-state index contributed by atoms with van der Waals surface area (Å²) >= 11 is 3.02. The average Bonchev–Trinajstić information content (AvgIpc) is 3.24. The smallest absolute Gasteiger partial charge is 0.339 e. The summed E-state index contributed by atoms with van der Waals surface area (Å²) in [5.41, 5.74) is 4.13. The van der Waals surface area contributed by atoms with Gasteiger partial charge in [0.15, 0.2) is 12.4 Å². The number of aromatic nitrogens is 1. The number of nitrogens with zero attached hydrogens (tertiary/aromatic N) is 1. The van der Waals surface area contributed by atoms with Crippen LogP contribution in [0, 0.1) is 0 Å². The Balaban J connectivity index is 1.59. The average molecular weight is 427 g/mol. The van der Waals surface area contributed by atoms with Gasteiger partial charge in [-0.25, -0.2) is 9.78 Å². The fourth-order valence-electron chi connectivity index (χ4n) is 2.46. The Morgan fingerprint density at radius 1 is 1.10 bits per heavy atom. The van der Waals surface area contributed by atoms with E-state index in [1.165, 1.54) is 30.0 Å². The normalized spacial score (nSPS) is 10.4. The molecule has 1 aromatic heterocycles. The van der Waals surface area contributed by atoms with Crippen molar-refractivity contribution in [2.75, 3.05) is 11.9 Å². The number of nitrogens with one attached hydrogen (secondary N) is 1. The van der Waals surface area contributed by atoms with Gasteiger partial charge in [0.25, 0.3) is 0 Å². The predicted octanol–water partition coefficient (Wildman–Crippen LogP) is 4.43. The zero-order valence-electron chi connectivity index (χ0n) is 15.6. The van der Waals surface area contributed by atoms with Gasteiger partial charge in [-0.15, -0.1) is 23.1 Å². The fourth-order valence-corrected chi connectivity index (χ4v) is 4.06. The number of thioether (sulfide) groups is 1. The summed E-state index contributed by atoms with van der Waals surface area (Å²) in [4.78, 5) is 40.8. The van der Waals surface area contributed by atoms with Crippen LogP contribution in [0.1, 0.15) is 33.3 Å². The van der Waals surface area contributed by atoms with Gasteiger partial charge in [-0.3, -0.25) is 9.59 Å². The Morgan fingerprint density at radius 2 is 1.86 bits per heavy atom. The van der Waals surface area contributed by atoms with E-state index < -0.39 is 5.97 Å². The van der Waals surface area contributed by atoms with E-state index in [0.29, 0.717) is 22.6 Å². The summed E-state index contributed by atoms with van der Waals surface area (Å²) < 4.78 is 5.23. The van der Waals surface area contributed by atoms with Gasteiger partial charge in [0, 0.05) is 34.2 Å². The second kappa shape index (κ2) is 9.99. The molecule has 6 nitrogen and oxygen atoms in total. The van der Waals surface area contributed by atoms with Gasteiger partial charge in [-0.2, -0.15) is 0 Å². The molecule has 0 bridgehead atoms. The molecule has 3 aromatic rings. The Morgan fingerprint density at radius 3 is 2.55 bits per heavy atom. The number of thiazole rings is 1. The second-order valence-electron chi connectivity index (χ2n) is 6.02. The van der Waals surface area contributed by atoms with Gasteiger partial charge < -0.3 is 10.1 Å². The van der Waals surface area contributed by atoms with Gasteiger partial charge >= 0.3 is 5.97 Å². The van der Waals surface area contributed by atoms with Crippen LogP contribution in [-0.2, 0) is 15.3 Å². The SMILES string of the molecule is CC(=O)Nc1ccc(C(=O)COC(=O)c2ccccc2SCc2cscn2)cc1. The molecule has 0 saturated heterocycles. The van der Waals surface area contributed by atoms with Crippen LogP contribution in [0.15, 0.2) is 64.3 Å². The number of Topliss-reactive ketones (excluding diaryl/α,β-unsaturated/α-hetero) is 1. The molecule has 148 valence electrons. The van der Waals surface area contributed by atoms with Crippen molar-refractivity contribution in [2.24, 2.45) is 0 Å². The number of carbonyl (C=O) groups excluding carboxylic acids is 3. The minimum Gasteiger partial charge on any atom is -0.454 e. The summed E-state index contributed by atoms with van der Waals surface area (Å²) in [7, 11) is 0. The predicted molar refractivity (Wildman–Crippen MR) is 113 cm³/mol. The van der Waals surface area contributed by atoms with E-state index in [4.69, 9.17) is 4.74 Å². The first-order chi connectivity index (χ1) is 14.0. The maximum absolute atomic E-state index is 12.5. The molecule has 29 heavy (non-hydrogen) atoms. The van der Waals surface area contributed by atoms with Crippen molar-refractivity contribution in [1.82, 2.24) is 4.98 Å². The van der Waals surface area contributed by atoms with Gasteiger partial charge in [0.05, 0.1) is 16.8 Å². The van der Waals surface area contributed by atoms with Crippen molar-refractivity contribution in [3.8, 4) is 0 Å². The molecule has 8 heteroatoms. The van der Waals surface area contributed by atoms with Crippen LogP contribution in [0.2, 0.25) is 0 Å². The zero-order valence-corrected chi connectivity index (χ0v) is 17.2. The zero-order chi connectivity index (χ0) is 20.6. The second-order valence-corrected chi connectivity index (χ2v) is 7.76. The molecule has 0 spiro atoms. The summed E-state index contributed by atoms with van der Waals surface area (Å²) in [5.74, 6) is -0.410. The van der Waals surface area contributed by atoms with Crippen molar-refractivity contribution < 1.29 is 19.1 Å². The Hall–Kier alpha value is -2.97. The lowest BCUT2D eigenvalue weighted by molar-refractivity contribution is -0.114. The molecular formula is C21H18N2O4S2. The molecular weight excluding hydrogens is 408 g/mol. The molecule has 2 aromatic carbocycles. The maximum Gasteiger partial charge on any atom is 0.339 e. The van der Waals surface area contributed by atoms with Crippen LogP contribution >= 0.6 is 23.1 Å². The number of rotatable bonds is 8. The highest BCUT2D eigenvalue weighted by Crippen LogP contribution is 2.26. The third-order valence-corrected chi connectivity index (χ3v) is 5.57. The van der Waals surface area contributed by atoms with Gasteiger partial charge in [-0.05, 0) is 36.4 Å². The molecule has 0 aliphatic rings. The van der Waals surface area contributed by atoms with Crippen LogP contribution in [0.5, 0.6) is 0 Å². The van der Waals surface area contributed by atoms with Crippen LogP contribution in [0.3, 0.4) is 0 Å². The van der Waals surface area contributed by atoms with E-state index in [-0.39, 0.29) is 18.3 Å².